The molecular formula is C14H14BrNO2. The van der Waals surface area contributed by atoms with Gasteiger partial charge in [0.2, 0.25) is 0 Å². The predicted molar refractivity (Wildman–Crippen MR) is 71.9 cm³/mol. The van der Waals surface area contributed by atoms with Crippen LogP contribution in [0.4, 0.5) is 0 Å². The van der Waals surface area contributed by atoms with Gasteiger partial charge in [-0.2, -0.15) is 0 Å². The van der Waals surface area contributed by atoms with Crippen LogP contribution in [0, 0.1) is 5.92 Å². The highest BCUT2D eigenvalue weighted by Gasteiger charge is 2.28. The molecule has 1 N–H and O–H groups in total. The van der Waals surface area contributed by atoms with Gasteiger partial charge in [-0.15, -0.1) is 0 Å². The molecule has 0 aromatic heterocycles. The molecule has 18 heavy (non-hydrogen) atoms. The van der Waals surface area contributed by atoms with Crippen LogP contribution in [-0.4, -0.2) is 18.2 Å². The van der Waals surface area contributed by atoms with Gasteiger partial charge in [0.1, 0.15) is 0 Å². The van der Waals surface area contributed by atoms with E-state index in [2.05, 4.69) is 21.2 Å². The fraction of sp³-hybridized carbons (Fsp3) is 0.429. The molecule has 2 aliphatic carbocycles. The Labute approximate surface area is 114 Å². The van der Waals surface area contributed by atoms with Crippen molar-refractivity contribution in [3.05, 3.63) is 33.3 Å². The van der Waals surface area contributed by atoms with Gasteiger partial charge in [-0.1, -0.05) is 15.9 Å². The number of nitrogens with one attached hydrogen (secondary N) is 1. The van der Waals surface area contributed by atoms with Crippen LogP contribution in [0.25, 0.3) is 0 Å². The molecule has 1 amide bonds. The first-order chi connectivity index (χ1) is 8.66. The Bertz CT molecular complexity index is 535. The first-order valence-electron chi connectivity index (χ1n) is 6.29. The highest BCUT2D eigenvalue weighted by Crippen LogP contribution is 2.32. The lowest BCUT2D eigenvalue weighted by atomic mass is 10.0. The average molecular weight is 308 g/mol. The standard InChI is InChI=1S/C14H14BrNO2/c15-11-5-3-10(9-4-6-12(17)13(9)11)14(18)16-7-8-1-2-8/h3,5,8H,1-2,4,6-7H2,(H,16,18). The minimum absolute atomic E-state index is 0.0413. The topological polar surface area (TPSA) is 46.2 Å². The van der Waals surface area contributed by atoms with E-state index in [4.69, 9.17) is 0 Å². The van der Waals surface area contributed by atoms with Gasteiger partial charge in [0.05, 0.1) is 0 Å². The van der Waals surface area contributed by atoms with Crippen LogP contribution in [-0.2, 0) is 6.42 Å². The van der Waals surface area contributed by atoms with Crippen LogP contribution >= 0.6 is 15.9 Å². The minimum Gasteiger partial charge on any atom is -0.352 e. The molecule has 4 heteroatoms. The summed E-state index contributed by atoms with van der Waals surface area (Å²) in [5, 5.41) is 2.96. The number of hydrogen-bond donors (Lipinski definition) is 1. The maximum atomic E-state index is 12.1. The molecule has 1 saturated carbocycles. The van der Waals surface area contributed by atoms with E-state index in [0.717, 1.165) is 16.6 Å². The number of ketones is 1. The van der Waals surface area contributed by atoms with Crippen molar-refractivity contribution >= 4 is 27.6 Å². The lowest BCUT2D eigenvalue weighted by molar-refractivity contribution is 0.0950. The maximum absolute atomic E-state index is 12.1. The number of hydrogen-bond acceptors (Lipinski definition) is 2. The van der Waals surface area contributed by atoms with Crippen LogP contribution in [0.3, 0.4) is 0 Å². The van der Waals surface area contributed by atoms with E-state index >= 15 is 0 Å². The van der Waals surface area contributed by atoms with Crippen LogP contribution in [0.2, 0.25) is 0 Å². The molecule has 0 spiro atoms. The van der Waals surface area contributed by atoms with Crippen LogP contribution in [0.1, 0.15) is 45.5 Å². The quantitative estimate of drug-likeness (QED) is 0.933. The van der Waals surface area contributed by atoms with Gasteiger partial charge < -0.3 is 5.32 Å². The van der Waals surface area contributed by atoms with E-state index in [0.29, 0.717) is 29.9 Å². The number of fused-ring (bicyclic) bond motifs is 1. The van der Waals surface area contributed by atoms with Crippen molar-refractivity contribution < 1.29 is 9.59 Å². The molecular weight excluding hydrogens is 294 g/mol. The Morgan fingerprint density at radius 1 is 1.33 bits per heavy atom. The molecule has 1 aromatic rings. The first kappa shape index (κ1) is 11.9. The largest absolute Gasteiger partial charge is 0.352 e. The summed E-state index contributed by atoms with van der Waals surface area (Å²) in [6, 6.07) is 3.61. The molecule has 0 radical (unpaired) electrons. The van der Waals surface area contributed by atoms with E-state index in [-0.39, 0.29) is 11.7 Å². The highest BCUT2D eigenvalue weighted by molar-refractivity contribution is 9.10. The van der Waals surface area contributed by atoms with Crippen molar-refractivity contribution in [2.45, 2.75) is 25.7 Å². The van der Waals surface area contributed by atoms with Crippen molar-refractivity contribution in [3.8, 4) is 0 Å². The number of carbonyl (C=O) groups excluding carboxylic acids is 2. The van der Waals surface area contributed by atoms with Crippen molar-refractivity contribution in [2.24, 2.45) is 5.92 Å². The fourth-order valence-electron chi connectivity index (χ4n) is 2.41. The predicted octanol–water partition coefficient (Wildman–Crippen LogP) is 2.72. The second kappa shape index (κ2) is 4.50. The normalized spacial score (nSPS) is 17.7. The second-order valence-corrected chi connectivity index (χ2v) is 5.88. The third-order valence-electron chi connectivity index (χ3n) is 3.64. The third-order valence-corrected chi connectivity index (χ3v) is 4.30. The number of rotatable bonds is 3. The Morgan fingerprint density at radius 3 is 2.83 bits per heavy atom. The summed E-state index contributed by atoms with van der Waals surface area (Å²) in [4.78, 5) is 23.9. The number of Topliss-reactive ketones (excluding diaryl/α,β-unsaturated/α-hetero) is 1. The molecule has 0 unspecified atom stereocenters. The van der Waals surface area contributed by atoms with E-state index in [1.54, 1.807) is 6.07 Å². The second-order valence-electron chi connectivity index (χ2n) is 5.03. The molecule has 94 valence electrons. The zero-order valence-electron chi connectivity index (χ0n) is 9.96. The molecule has 0 aliphatic heterocycles. The minimum atomic E-state index is -0.0413. The number of halogens is 1. The van der Waals surface area contributed by atoms with Gasteiger partial charge in [0.15, 0.2) is 5.78 Å². The zero-order chi connectivity index (χ0) is 12.7. The molecule has 1 aromatic carbocycles. The number of benzene rings is 1. The maximum Gasteiger partial charge on any atom is 0.251 e. The molecule has 0 heterocycles. The highest BCUT2D eigenvalue weighted by atomic mass is 79.9. The van der Waals surface area contributed by atoms with E-state index in [9.17, 15) is 9.59 Å². The average Bonchev–Trinajstić information content (AvgIpc) is 3.10. The smallest absolute Gasteiger partial charge is 0.251 e. The van der Waals surface area contributed by atoms with E-state index < -0.39 is 0 Å². The van der Waals surface area contributed by atoms with Crippen LogP contribution in [0.15, 0.2) is 16.6 Å². The number of amides is 1. The molecule has 1 fully saturated rings. The molecule has 0 saturated heterocycles. The van der Waals surface area contributed by atoms with Crippen molar-refractivity contribution in [1.29, 1.82) is 0 Å². The summed E-state index contributed by atoms with van der Waals surface area (Å²) in [6.45, 7) is 0.762. The summed E-state index contributed by atoms with van der Waals surface area (Å²) < 4.78 is 0.804. The van der Waals surface area contributed by atoms with Gasteiger partial charge >= 0.3 is 0 Å². The first-order valence-corrected chi connectivity index (χ1v) is 7.09. The monoisotopic (exact) mass is 307 g/mol. The fourth-order valence-corrected chi connectivity index (χ4v) is 3.00. The van der Waals surface area contributed by atoms with E-state index in [1.165, 1.54) is 12.8 Å². The summed E-state index contributed by atoms with van der Waals surface area (Å²) in [5.74, 6) is 0.758. The summed E-state index contributed by atoms with van der Waals surface area (Å²) in [6.07, 6.45) is 3.63. The molecule has 3 nitrogen and oxygen atoms in total. The Kier molecular flexibility index (Phi) is 2.98. The van der Waals surface area contributed by atoms with E-state index in [1.807, 2.05) is 6.07 Å². The lowest BCUT2D eigenvalue weighted by Gasteiger charge is -2.09. The Hall–Kier alpha value is -1.16. The van der Waals surface area contributed by atoms with Gasteiger partial charge in [0.25, 0.3) is 5.91 Å². The Morgan fingerprint density at radius 2 is 2.11 bits per heavy atom. The van der Waals surface area contributed by atoms with Gasteiger partial charge in [0, 0.05) is 28.6 Å². The summed E-state index contributed by atoms with van der Waals surface area (Å²) in [7, 11) is 0. The van der Waals surface area contributed by atoms with Crippen LogP contribution in [0.5, 0.6) is 0 Å². The molecule has 0 atom stereocenters. The van der Waals surface area contributed by atoms with Gasteiger partial charge in [-0.05, 0) is 42.9 Å². The van der Waals surface area contributed by atoms with Crippen LogP contribution < -0.4 is 5.32 Å². The van der Waals surface area contributed by atoms with Crippen molar-refractivity contribution in [3.63, 3.8) is 0 Å². The van der Waals surface area contributed by atoms with Crippen molar-refractivity contribution in [1.82, 2.24) is 5.32 Å². The SMILES string of the molecule is O=C(NCC1CC1)c1ccc(Br)c2c1CCC2=O. The molecule has 3 rings (SSSR count). The summed E-state index contributed by atoms with van der Waals surface area (Å²) in [5.41, 5.74) is 2.27. The molecule has 2 aliphatic rings. The van der Waals surface area contributed by atoms with Gasteiger partial charge in [-0.3, -0.25) is 9.59 Å². The summed E-state index contributed by atoms with van der Waals surface area (Å²) >= 11 is 3.39. The number of carbonyl (C=O) groups is 2. The van der Waals surface area contributed by atoms with Crippen molar-refractivity contribution in [2.75, 3.05) is 6.54 Å². The molecule has 0 bridgehead atoms. The van der Waals surface area contributed by atoms with Gasteiger partial charge in [-0.25, -0.2) is 0 Å². The zero-order valence-corrected chi connectivity index (χ0v) is 11.5. The third kappa shape index (κ3) is 2.09. The Balaban J connectivity index is 1.88. The lowest BCUT2D eigenvalue weighted by Crippen LogP contribution is -2.26.